The SMILES string of the molecule is CCC1CCCCC1(C)C(O)CN. The van der Waals surface area contributed by atoms with E-state index in [0.717, 1.165) is 6.42 Å². The van der Waals surface area contributed by atoms with Gasteiger partial charge >= 0.3 is 0 Å². The van der Waals surface area contributed by atoms with Gasteiger partial charge < -0.3 is 10.8 Å². The highest BCUT2D eigenvalue weighted by Crippen LogP contribution is 2.44. The van der Waals surface area contributed by atoms with Crippen molar-refractivity contribution < 1.29 is 5.11 Å². The molecule has 3 unspecified atom stereocenters. The largest absolute Gasteiger partial charge is 0.391 e. The maximum atomic E-state index is 9.92. The Hall–Kier alpha value is -0.0800. The van der Waals surface area contributed by atoms with Crippen LogP contribution in [0.5, 0.6) is 0 Å². The van der Waals surface area contributed by atoms with Crippen LogP contribution in [-0.4, -0.2) is 17.8 Å². The lowest BCUT2D eigenvalue weighted by atomic mass is 9.63. The van der Waals surface area contributed by atoms with Crippen molar-refractivity contribution >= 4 is 0 Å². The molecular weight excluding hydrogens is 162 g/mol. The fourth-order valence-electron chi connectivity index (χ4n) is 2.81. The van der Waals surface area contributed by atoms with Crippen molar-refractivity contribution in [2.45, 2.75) is 52.1 Å². The normalized spacial score (nSPS) is 37.4. The Morgan fingerprint density at radius 3 is 2.77 bits per heavy atom. The fraction of sp³-hybridized carbons (Fsp3) is 1.00. The Bertz CT molecular complexity index is 160. The zero-order valence-corrected chi connectivity index (χ0v) is 8.92. The van der Waals surface area contributed by atoms with Crippen molar-refractivity contribution in [2.24, 2.45) is 17.1 Å². The van der Waals surface area contributed by atoms with Crippen LogP contribution in [0.2, 0.25) is 0 Å². The number of nitrogens with two attached hydrogens (primary N) is 1. The van der Waals surface area contributed by atoms with Crippen LogP contribution in [0.15, 0.2) is 0 Å². The predicted molar refractivity (Wildman–Crippen MR) is 55.4 cm³/mol. The highest BCUT2D eigenvalue weighted by molar-refractivity contribution is 4.91. The molecule has 0 heterocycles. The second-order valence-electron chi connectivity index (χ2n) is 4.61. The second-order valence-corrected chi connectivity index (χ2v) is 4.61. The van der Waals surface area contributed by atoms with Crippen molar-refractivity contribution in [3.05, 3.63) is 0 Å². The first kappa shape index (κ1) is 11.0. The number of rotatable bonds is 3. The smallest absolute Gasteiger partial charge is 0.0718 e. The van der Waals surface area contributed by atoms with Gasteiger partial charge in [0.2, 0.25) is 0 Å². The molecule has 1 aliphatic rings. The van der Waals surface area contributed by atoms with Crippen molar-refractivity contribution in [3.8, 4) is 0 Å². The standard InChI is InChI=1S/C11H23NO/c1-3-9-6-4-5-7-11(9,2)10(13)8-12/h9-10,13H,3-8,12H2,1-2H3. The summed E-state index contributed by atoms with van der Waals surface area (Å²) >= 11 is 0. The average Bonchev–Trinajstić information content (AvgIpc) is 2.17. The topological polar surface area (TPSA) is 46.2 Å². The van der Waals surface area contributed by atoms with Gasteiger partial charge in [-0.15, -0.1) is 0 Å². The Labute approximate surface area is 81.5 Å². The van der Waals surface area contributed by atoms with Crippen LogP contribution in [-0.2, 0) is 0 Å². The summed E-state index contributed by atoms with van der Waals surface area (Å²) in [6, 6.07) is 0. The van der Waals surface area contributed by atoms with Crippen LogP contribution in [0.3, 0.4) is 0 Å². The molecule has 2 heteroatoms. The van der Waals surface area contributed by atoms with Gasteiger partial charge in [-0.3, -0.25) is 0 Å². The first-order chi connectivity index (χ1) is 6.15. The van der Waals surface area contributed by atoms with E-state index in [1.54, 1.807) is 0 Å². The van der Waals surface area contributed by atoms with E-state index in [1.165, 1.54) is 25.7 Å². The zero-order valence-electron chi connectivity index (χ0n) is 8.92. The molecule has 1 aliphatic carbocycles. The van der Waals surface area contributed by atoms with Crippen LogP contribution in [0.1, 0.15) is 46.0 Å². The van der Waals surface area contributed by atoms with E-state index in [4.69, 9.17) is 5.73 Å². The molecule has 0 radical (unpaired) electrons. The molecule has 2 nitrogen and oxygen atoms in total. The van der Waals surface area contributed by atoms with E-state index in [-0.39, 0.29) is 11.5 Å². The van der Waals surface area contributed by atoms with Gasteiger partial charge in [0.05, 0.1) is 6.10 Å². The van der Waals surface area contributed by atoms with E-state index in [9.17, 15) is 5.11 Å². The summed E-state index contributed by atoms with van der Waals surface area (Å²) in [6.07, 6.45) is 5.86. The molecule has 0 aromatic carbocycles. The third-order valence-corrected chi connectivity index (χ3v) is 3.93. The Morgan fingerprint density at radius 1 is 1.54 bits per heavy atom. The average molecular weight is 185 g/mol. The van der Waals surface area contributed by atoms with Gasteiger partial charge in [0.1, 0.15) is 0 Å². The first-order valence-corrected chi connectivity index (χ1v) is 5.53. The minimum Gasteiger partial charge on any atom is -0.391 e. The van der Waals surface area contributed by atoms with Gasteiger partial charge in [-0.2, -0.15) is 0 Å². The van der Waals surface area contributed by atoms with Crippen molar-refractivity contribution in [1.29, 1.82) is 0 Å². The van der Waals surface area contributed by atoms with Crippen LogP contribution in [0.25, 0.3) is 0 Å². The summed E-state index contributed by atoms with van der Waals surface area (Å²) in [5, 5.41) is 9.92. The molecule has 0 bridgehead atoms. The van der Waals surface area contributed by atoms with Crippen molar-refractivity contribution in [1.82, 2.24) is 0 Å². The highest BCUT2D eigenvalue weighted by Gasteiger charge is 2.40. The fourth-order valence-corrected chi connectivity index (χ4v) is 2.81. The molecule has 0 saturated heterocycles. The van der Waals surface area contributed by atoms with Gasteiger partial charge in [0.25, 0.3) is 0 Å². The lowest BCUT2D eigenvalue weighted by Gasteiger charge is -2.44. The molecule has 1 saturated carbocycles. The summed E-state index contributed by atoms with van der Waals surface area (Å²) in [5.41, 5.74) is 5.64. The van der Waals surface area contributed by atoms with Crippen LogP contribution < -0.4 is 5.73 Å². The van der Waals surface area contributed by atoms with Gasteiger partial charge in [0.15, 0.2) is 0 Å². The van der Waals surface area contributed by atoms with Gasteiger partial charge in [-0.1, -0.05) is 33.1 Å². The second kappa shape index (κ2) is 4.43. The van der Waals surface area contributed by atoms with Gasteiger partial charge in [-0.25, -0.2) is 0 Å². The Morgan fingerprint density at radius 2 is 2.23 bits per heavy atom. The van der Waals surface area contributed by atoms with Crippen molar-refractivity contribution in [2.75, 3.05) is 6.54 Å². The Balaban J connectivity index is 2.70. The molecule has 0 aromatic heterocycles. The van der Waals surface area contributed by atoms with E-state index < -0.39 is 0 Å². The Kier molecular flexibility index (Phi) is 3.74. The summed E-state index contributed by atoms with van der Waals surface area (Å²) in [6.45, 7) is 4.84. The molecule has 78 valence electrons. The summed E-state index contributed by atoms with van der Waals surface area (Å²) in [7, 11) is 0. The lowest BCUT2D eigenvalue weighted by molar-refractivity contribution is -0.0293. The molecule has 3 N–H and O–H groups in total. The monoisotopic (exact) mass is 185 g/mol. The summed E-state index contributed by atoms with van der Waals surface area (Å²) in [5.74, 6) is 0.666. The number of hydrogen-bond acceptors (Lipinski definition) is 2. The molecular formula is C11H23NO. The number of aliphatic hydroxyl groups excluding tert-OH is 1. The molecule has 13 heavy (non-hydrogen) atoms. The van der Waals surface area contributed by atoms with Crippen LogP contribution >= 0.6 is 0 Å². The molecule has 0 aromatic rings. The third-order valence-electron chi connectivity index (χ3n) is 3.93. The van der Waals surface area contributed by atoms with E-state index in [0.29, 0.717) is 12.5 Å². The third kappa shape index (κ3) is 2.05. The first-order valence-electron chi connectivity index (χ1n) is 5.53. The minimum atomic E-state index is -0.308. The molecule has 3 atom stereocenters. The molecule has 0 spiro atoms. The van der Waals surface area contributed by atoms with Crippen LogP contribution in [0, 0.1) is 11.3 Å². The van der Waals surface area contributed by atoms with Crippen molar-refractivity contribution in [3.63, 3.8) is 0 Å². The molecule has 1 fully saturated rings. The number of aliphatic hydroxyl groups is 1. The predicted octanol–water partition coefficient (Wildman–Crippen LogP) is 1.91. The van der Waals surface area contributed by atoms with E-state index in [2.05, 4.69) is 13.8 Å². The van der Waals surface area contributed by atoms with E-state index >= 15 is 0 Å². The van der Waals surface area contributed by atoms with Crippen LogP contribution in [0.4, 0.5) is 0 Å². The lowest BCUT2D eigenvalue weighted by Crippen LogP contribution is -2.45. The van der Waals surface area contributed by atoms with Gasteiger partial charge in [-0.05, 0) is 24.2 Å². The molecule has 1 rings (SSSR count). The van der Waals surface area contributed by atoms with Gasteiger partial charge in [0, 0.05) is 6.54 Å². The maximum Gasteiger partial charge on any atom is 0.0718 e. The van der Waals surface area contributed by atoms with E-state index in [1.807, 2.05) is 0 Å². The number of hydrogen-bond donors (Lipinski definition) is 2. The molecule has 0 aliphatic heterocycles. The maximum absolute atomic E-state index is 9.92. The zero-order chi connectivity index (χ0) is 9.90. The minimum absolute atomic E-state index is 0.0851. The molecule has 0 amide bonds. The summed E-state index contributed by atoms with van der Waals surface area (Å²) in [4.78, 5) is 0. The highest BCUT2D eigenvalue weighted by atomic mass is 16.3. The summed E-state index contributed by atoms with van der Waals surface area (Å²) < 4.78 is 0. The quantitative estimate of drug-likeness (QED) is 0.705.